The van der Waals surface area contributed by atoms with Gasteiger partial charge in [-0.3, -0.25) is 4.79 Å². The number of aryl methyl sites for hydroxylation is 2. The minimum absolute atomic E-state index is 0. The fraction of sp³-hybridized carbons (Fsp3) is 0.476. The zero-order valence-corrected chi connectivity index (χ0v) is 21.2. The van der Waals surface area contributed by atoms with Crippen molar-refractivity contribution >= 4 is 53.1 Å². The monoisotopic (exact) mass is 560 g/mol. The number of guanidine groups is 1. The fourth-order valence-corrected chi connectivity index (χ4v) is 3.35. The van der Waals surface area contributed by atoms with E-state index in [2.05, 4.69) is 25.5 Å². The van der Waals surface area contributed by atoms with Crippen molar-refractivity contribution in [3.63, 3.8) is 0 Å². The van der Waals surface area contributed by atoms with Crippen LogP contribution in [0.1, 0.15) is 24.3 Å². The van der Waals surface area contributed by atoms with Crippen molar-refractivity contribution < 1.29 is 9.21 Å². The van der Waals surface area contributed by atoms with E-state index < -0.39 is 0 Å². The van der Waals surface area contributed by atoms with E-state index in [0.717, 1.165) is 35.3 Å². The van der Waals surface area contributed by atoms with Gasteiger partial charge in [0.15, 0.2) is 5.96 Å². The van der Waals surface area contributed by atoms with E-state index >= 15 is 0 Å². The summed E-state index contributed by atoms with van der Waals surface area (Å²) in [5.74, 6) is 1.99. The zero-order valence-electron chi connectivity index (χ0n) is 18.2. The number of carbonyl (C=O) groups is 1. The van der Waals surface area contributed by atoms with Gasteiger partial charge >= 0.3 is 0 Å². The third-order valence-corrected chi connectivity index (χ3v) is 5.27. The zero-order chi connectivity index (χ0) is 21.5. The third-order valence-electron chi connectivity index (χ3n) is 5.02. The molecule has 1 amide bonds. The van der Waals surface area contributed by atoms with Crippen molar-refractivity contribution in [2.75, 3.05) is 44.2 Å². The van der Waals surface area contributed by atoms with Crippen LogP contribution in [0.25, 0.3) is 0 Å². The summed E-state index contributed by atoms with van der Waals surface area (Å²) >= 11 is 5.96. The molecule has 0 unspecified atom stereocenters. The van der Waals surface area contributed by atoms with Gasteiger partial charge in [0.25, 0.3) is 0 Å². The molecule has 170 valence electrons. The summed E-state index contributed by atoms with van der Waals surface area (Å²) < 4.78 is 5.57. The van der Waals surface area contributed by atoms with E-state index in [0.29, 0.717) is 38.0 Å². The summed E-state index contributed by atoms with van der Waals surface area (Å²) in [6, 6.07) is 7.79. The molecule has 2 N–H and O–H groups in total. The number of piperazine rings is 1. The predicted molar refractivity (Wildman–Crippen MR) is 134 cm³/mol. The number of halogens is 2. The van der Waals surface area contributed by atoms with Gasteiger partial charge in [0.05, 0.1) is 12.2 Å². The third kappa shape index (κ3) is 7.27. The summed E-state index contributed by atoms with van der Waals surface area (Å²) in [5, 5.41) is 7.03. The van der Waals surface area contributed by atoms with Crippen molar-refractivity contribution in [2.45, 2.75) is 27.3 Å². The second-order valence-electron chi connectivity index (χ2n) is 7.14. The highest BCUT2D eigenvalue weighted by atomic mass is 127. The van der Waals surface area contributed by atoms with Gasteiger partial charge < -0.3 is 24.9 Å². The number of aliphatic imine (C=N–C) groups is 1. The molecule has 1 fully saturated rings. The molecule has 1 aliphatic heterocycles. The Morgan fingerprint density at radius 3 is 2.42 bits per heavy atom. The van der Waals surface area contributed by atoms with Crippen LogP contribution in [0.5, 0.6) is 0 Å². The number of hydrogen-bond donors (Lipinski definition) is 2. The number of amides is 1. The van der Waals surface area contributed by atoms with Crippen molar-refractivity contribution in [3.05, 3.63) is 46.6 Å². The average Bonchev–Trinajstić information content (AvgIpc) is 3.08. The Labute approximate surface area is 205 Å². The standard InChI is InChI=1S/C21H29ClN6O2.HI/c1-4-23-21(24-13-19-26-15(2)16(3)30-19)25-14-20(29)28-11-9-27(10-12-28)18-7-5-17(22)6-8-18;/h5-8H,4,9-14H2,1-3H3,(H2,23,24,25);1H. The molecule has 8 nitrogen and oxygen atoms in total. The molecule has 0 atom stereocenters. The molecule has 0 aliphatic carbocycles. The molecule has 0 radical (unpaired) electrons. The lowest BCUT2D eigenvalue weighted by Crippen LogP contribution is -2.49. The lowest BCUT2D eigenvalue weighted by Gasteiger charge is -2.36. The molecule has 0 saturated carbocycles. The molecular weight excluding hydrogens is 531 g/mol. The number of nitrogens with zero attached hydrogens (tertiary/aromatic N) is 4. The maximum atomic E-state index is 12.6. The Morgan fingerprint density at radius 2 is 1.84 bits per heavy atom. The van der Waals surface area contributed by atoms with Gasteiger partial charge in [0.2, 0.25) is 11.8 Å². The minimum atomic E-state index is 0. The summed E-state index contributed by atoms with van der Waals surface area (Å²) in [7, 11) is 0. The predicted octanol–water partition coefficient (Wildman–Crippen LogP) is 2.97. The van der Waals surface area contributed by atoms with E-state index in [1.54, 1.807) is 0 Å². The molecule has 1 aliphatic rings. The normalized spacial score (nSPS) is 14.3. The molecule has 1 aromatic heterocycles. The van der Waals surface area contributed by atoms with Crippen LogP contribution < -0.4 is 15.5 Å². The van der Waals surface area contributed by atoms with Crippen LogP contribution in [0.15, 0.2) is 33.7 Å². The summed E-state index contributed by atoms with van der Waals surface area (Å²) in [6.45, 7) is 9.91. The van der Waals surface area contributed by atoms with Crippen LogP contribution in [-0.4, -0.2) is 61.0 Å². The van der Waals surface area contributed by atoms with Crippen LogP contribution in [0.2, 0.25) is 5.02 Å². The van der Waals surface area contributed by atoms with Gasteiger partial charge in [0.1, 0.15) is 12.3 Å². The van der Waals surface area contributed by atoms with Crippen molar-refractivity contribution in [1.82, 2.24) is 20.5 Å². The lowest BCUT2D eigenvalue weighted by molar-refractivity contribution is -0.129. The Balaban J connectivity index is 0.00000341. The van der Waals surface area contributed by atoms with E-state index in [1.165, 1.54) is 0 Å². The van der Waals surface area contributed by atoms with Crippen molar-refractivity contribution in [2.24, 2.45) is 4.99 Å². The van der Waals surface area contributed by atoms with Crippen molar-refractivity contribution in [1.29, 1.82) is 0 Å². The average molecular weight is 561 g/mol. The number of anilines is 1. The molecule has 31 heavy (non-hydrogen) atoms. The van der Waals surface area contributed by atoms with Gasteiger partial charge in [-0.05, 0) is 45.0 Å². The van der Waals surface area contributed by atoms with Crippen molar-refractivity contribution in [3.8, 4) is 0 Å². The minimum Gasteiger partial charge on any atom is -0.444 e. The molecule has 3 rings (SSSR count). The molecule has 1 saturated heterocycles. The van der Waals surface area contributed by atoms with Gasteiger partial charge in [-0.15, -0.1) is 24.0 Å². The first-order chi connectivity index (χ1) is 14.5. The lowest BCUT2D eigenvalue weighted by atomic mass is 10.2. The molecule has 0 spiro atoms. The van der Waals surface area contributed by atoms with Gasteiger partial charge in [-0.1, -0.05) is 11.6 Å². The topological polar surface area (TPSA) is 86.0 Å². The molecule has 2 aromatic rings. The number of carbonyl (C=O) groups excluding carboxylic acids is 1. The van der Waals surface area contributed by atoms with Crippen LogP contribution >= 0.6 is 35.6 Å². The number of benzene rings is 1. The van der Waals surface area contributed by atoms with E-state index in [-0.39, 0.29) is 36.4 Å². The van der Waals surface area contributed by atoms with E-state index in [4.69, 9.17) is 16.0 Å². The van der Waals surface area contributed by atoms with Gasteiger partial charge in [0, 0.05) is 43.4 Å². The first kappa shape index (κ1) is 25.3. The Bertz CT molecular complexity index is 859. The number of hydrogen-bond acceptors (Lipinski definition) is 5. The largest absolute Gasteiger partial charge is 0.444 e. The first-order valence-corrected chi connectivity index (χ1v) is 10.6. The van der Waals surface area contributed by atoms with Gasteiger partial charge in [-0.25, -0.2) is 9.98 Å². The molecule has 10 heteroatoms. The summed E-state index contributed by atoms with van der Waals surface area (Å²) in [6.07, 6.45) is 0. The second kappa shape index (κ2) is 12.1. The number of oxazole rings is 1. The molecular formula is C21H30ClIN6O2. The Morgan fingerprint density at radius 1 is 1.16 bits per heavy atom. The number of nitrogens with one attached hydrogen (secondary N) is 2. The van der Waals surface area contributed by atoms with E-state index in [1.807, 2.05) is 49.9 Å². The Kier molecular flexibility index (Phi) is 9.89. The highest BCUT2D eigenvalue weighted by Gasteiger charge is 2.21. The SMILES string of the molecule is CCNC(=NCC(=O)N1CCN(c2ccc(Cl)cc2)CC1)NCc1nc(C)c(C)o1.I. The quantitative estimate of drug-likeness (QED) is 0.321. The molecule has 1 aromatic carbocycles. The fourth-order valence-electron chi connectivity index (χ4n) is 3.23. The Hall–Kier alpha value is -2.01. The highest BCUT2D eigenvalue weighted by molar-refractivity contribution is 14.0. The molecule has 2 heterocycles. The second-order valence-corrected chi connectivity index (χ2v) is 7.58. The first-order valence-electron chi connectivity index (χ1n) is 10.2. The summed E-state index contributed by atoms with van der Waals surface area (Å²) in [5.41, 5.74) is 2.00. The highest BCUT2D eigenvalue weighted by Crippen LogP contribution is 2.19. The maximum Gasteiger partial charge on any atom is 0.244 e. The smallest absolute Gasteiger partial charge is 0.244 e. The number of aromatic nitrogens is 1. The van der Waals surface area contributed by atoms with Crippen LogP contribution in [0, 0.1) is 13.8 Å². The molecule has 0 bridgehead atoms. The van der Waals surface area contributed by atoms with Crippen LogP contribution in [0.4, 0.5) is 5.69 Å². The summed E-state index contributed by atoms with van der Waals surface area (Å²) in [4.78, 5) is 25.5. The van der Waals surface area contributed by atoms with E-state index in [9.17, 15) is 4.79 Å². The van der Waals surface area contributed by atoms with Crippen LogP contribution in [-0.2, 0) is 11.3 Å². The maximum absolute atomic E-state index is 12.6. The van der Waals surface area contributed by atoms with Gasteiger partial charge in [-0.2, -0.15) is 0 Å². The van der Waals surface area contributed by atoms with Crippen LogP contribution in [0.3, 0.4) is 0 Å². The number of rotatable bonds is 6.